The predicted molar refractivity (Wildman–Crippen MR) is 178 cm³/mol. The van der Waals surface area contributed by atoms with Gasteiger partial charge in [0.15, 0.2) is 17.4 Å². The fourth-order valence-corrected chi connectivity index (χ4v) is 5.71. The fourth-order valence-electron chi connectivity index (χ4n) is 5.07. The normalized spacial score (nSPS) is 13.8. The average molecular weight is 664 g/mol. The fraction of sp³-hybridized carbons (Fsp3) is 0.382. The SMILES string of the molecule is CC(C)Oc1ccc(-c2cn(COCC[SiH](C)C)c3nccc(Oc4c(F)cc(NC(=O)NCC5(C)COC5)cc4F)c23)cc1C#N. The molecule has 13 heteroatoms. The first-order valence-electron chi connectivity index (χ1n) is 15.5. The molecule has 2 amide bonds. The Morgan fingerprint density at radius 1 is 1.17 bits per heavy atom. The van der Waals surface area contributed by atoms with E-state index in [1.165, 1.54) is 12.3 Å². The third-order valence-electron chi connectivity index (χ3n) is 7.61. The number of urea groups is 1. The maximum absolute atomic E-state index is 15.4. The van der Waals surface area contributed by atoms with Crippen LogP contribution >= 0.6 is 0 Å². The molecule has 5 rings (SSSR count). The number of halogens is 2. The van der Waals surface area contributed by atoms with Gasteiger partial charge >= 0.3 is 6.03 Å². The summed E-state index contributed by atoms with van der Waals surface area (Å²) in [7, 11) is -0.809. The Balaban J connectivity index is 1.47. The summed E-state index contributed by atoms with van der Waals surface area (Å²) in [6, 6.07) is 11.3. The first-order valence-corrected chi connectivity index (χ1v) is 18.6. The Hall–Kier alpha value is -4.51. The molecule has 0 spiro atoms. The highest BCUT2D eigenvalue weighted by molar-refractivity contribution is 6.55. The summed E-state index contributed by atoms with van der Waals surface area (Å²) in [6.45, 7) is 12.4. The molecule has 0 aliphatic carbocycles. The smallest absolute Gasteiger partial charge is 0.319 e. The van der Waals surface area contributed by atoms with Crippen molar-refractivity contribution >= 4 is 31.5 Å². The minimum Gasteiger partial charge on any atom is -0.490 e. The topological polar surface area (TPSA) is 120 Å². The molecule has 0 saturated carbocycles. The van der Waals surface area contributed by atoms with Crippen LogP contribution in [0.1, 0.15) is 26.3 Å². The lowest BCUT2D eigenvalue weighted by atomic mass is 9.89. The monoisotopic (exact) mass is 663 g/mol. The van der Waals surface area contributed by atoms with E-state index in [1.807, 2.05) is 33.0 Å². The Morgan fingerprint density at radius 3 is 2.55 bits per heavy atom. The first-order chi connectivity index (χ1) is 22.5. The van der Waals surface area contributed by atoms with Gasteiger partial charge in [-0.3, -0.25) is 0 Å². The van der Waals surface area contributed by atoms with E-state index in [4.69, 9.17) is 18.9 Å². The number of aromatic nitrogens is 2. The van der Waals surface area contributed by atoms with Crippen molar-refractivity contribution in [1.82, 2.24) is 14.9 Å². The number of hydrogen-bond acceptors (Lipinski definition) is 7. The molecule has 1 aliphatic heterocycles. The number of ether oxygens (including phenoxy) is 4. The van der Waals surface area contributed by atoms with E-state index in [-0.39, 0.29) is 29.7 Å². The zero-order valence-electron chi connectivity index (χ0n) is 27.2. The number of benzene rings is 2. The second kappa shape index (κ2) is 14.5. The van der Waals surface area contributed by atoms with Crippen molar-refractivity contribution in [2.24, 2.45) is 5.41 Å². The van der Waals surface area contributed by atoms with Gasteiger partial charge in [0, 0.05) is 63.1 Å². The van der Waals surface area contributed by atoms with Gasteiger partial charge in [-0.15, -0.1) is 0 Å². The summed E-state index contributed by atoms with van der Waals surface area (Å²) >= 11 is 0. The zero-order chi connectivity index (χ0) is 33.7. The molecule has 248 valence electrons. The third-order valence-corrected chi connectivity index (χ3v) is 9.00. The summed E-state index contributed by atoms with van der Waals surface area (Å²) in [5.74, 6) is -2.06. The molecule has 2 aromatic carbocycles. The second-order valence-electron chi connectivity index (χ2n) is 12.7. The maximum atomic E-state index is 15.4. The minimum absolute atomic E-state index is 0.0686. The molecule has 2 aromatic heterocycles. The van der Waals surface area contributed by atoms with Gasteiger partial charge in [0.2, 0.25) is 0 Å². The van der Waals surface area contributed by atoms with Gasteiger partial charge in [0.05, 0.1) is 30.3 Å². The molecule has 0 atom stereocenters. The first kappa shape index (κ1) is 33.8. The molecular weight excluding hydrogens is 624 g/mol. The van der Waals surface area contributed by atoms with Crippen LogP contribution in [0.2, 0.25) is 19.1 Å². The van der Waals surface area contributed by atoms with E-state index < -0.39 is 32.2 Å². The minimum atomic E-state index is -1.01. The number of carbonyl (C=O) groups is 1. The number of nitrogens with one attached hydrogen (secondary N) is 2. The molecule has 10 nitrogen and oxygen atoms in total. The van der Waals surface area contributed by atoms with E-state index >= 15 is 8.78 Å². The molecule has 0 bridgehead atoms. The summed E-state index contributed by atoms with van der Waals surface area (Å²) < 4.78 is 55.5. The Kier molecular flexibility index (Phi) is 10.4. The number of carbonyl (C=O) groups excluding carboxylic acids is 1. The van der Waals surface area contributed by atoms with E-state index in [0.717, 1.165) is 18.2 Å². The largest absolute Gasteiger partial charge is 0.490 e. The van der Waals surface area contributed by atoms with Crippen molar-refractivity contribution in [3.05, 3.63) is 66.0 Å². The van der Waals surface area contributed by atoms with Crippen LogP contribution < -0.4 is 20.1 Å². The van der Waals surface area contributed by atoms with E-state index in [2.05, 4.69) is 34.8 Å². The van der Waals surface area contributed by atoms with Crippen LogP contribution in [0.15, 0.2) is 48.8 Å². The molecule has 1 aliphatic rings. The van der Waals surface area contributed by atoms with Gasteiger partial charge in [0.1, 0.15) is 29.9 Å². The molecule has 47 heavy (non-hydrogen) atoms. The Labute approximate surface area is 274 Å². The Morgan fingerprint density at radius 2 is 1.91 bits per heavy atom. The lowest BCUT2D eigenvalue weighted by molar-refractivity contribution is -0.0974. The number of pyridine rings is 1. The second-order valence-corrected chi connectivity index (χ2v) is 16.1. The third kappa shape index (κ3) is 8.08. The van der Waals surface area contributed by atoms with Crippen molar-refractivity contribution in [2.75, 3.05) is 31.7 Å². The quantitative estimate of drug-likeness (QED) is 0.116. The standard InChI is InChI=1S/C34H39F2N5O5Si/c1-21(2)45-28-7-6-22(12-23(28)15-37)25-16-41(20-43-10-11-47(4)5)32-30(25)29(8-9-38-32)46-31-26(35)13-24(14-27(31)36)40-33(42)39-17-34(3)18-44-19-34/h6-9,12-14,16,21,47H,10-11,17-20H2,1-5H3,(H2,39,40,42). The van der Waals surface area contributed by atoms with Crippen LogP contribution in [-0.4, -0.2) is 56.8 Å². The van der Waals surface area contributed by atoms with Gasteiger partial charge in [-0.25, -0.2) is 18.6 Å². The molecule has 0 unspecified atom stereocenters. The highest BCUT2D eigenvalue weighted by Gasteiger charge is 2.33. The highest BCUT2D eigenvalue weighted by atomic mass is 28.3. The molecule has 4 aromatic rings. The predicted octanol–water partition coefficient (Wildman–Crippen LogP) is 7.05. The summed E-state index contributed by atoms with van der Waals surface area (Å²) in [4.78, 5) is 16.9. The van der Waals surface area contributed by atoms with Gasteiger partial charge in [0.25, 0.3) is 0 Å². The average Bonchev–Trinajstić information content (AvgIpc) is 3.38. The van der Waals surface area contributed by atoms with Crippen LogP contribution in [0, 0.1) is 28.4 Å². The van der Waals surface area contributed by atoms with Crippen LogP contribution in [-0.2, 0) is 16.2 Å². The van der Waals surface area contributed by atoms with Gasteiger partial charge in [-0.05, 0) is 43.7 Å². The maximum Gasteiger partial charge on any atom is 0.319 e. The molecular formula is C34H39F2N5O5Si. The number of fused-ring (bicyclic) bond motifs is 1. The van der Waals surface area contributed by atoms with Crippen LogP contribution in [0.25, 0.3) is 22.2 Å². The number of hydrogen-bond donors (Lipinski definition) is 2. The zero-order valence-corrected chi connectivity index (χ0v) is 28.3. The van der Waals surface area contributed by atoms with Crippen LogP contribution in [0.4, 0.5) is 19.3 Å². The number of nitrogens with zero attached hydrogens (tertiary/aromatic N) is 3. The van der Waals surface area contributed by atoms with Crippen molar-refractivity contribution in [3.63, 3.8) is 0 Å². The molecule has 2 N–H and O–H groups in total. The molecule has 1 saturated heterocycles. The van der Waals surface area contributed by atoms with E-state index in [0.29, 0.717) is 59.8 Å². The van der Waals surface area contributed by atoms with Gasteiger partial charge < -0.3 is 34.1 Å². The molecule has 3 heterocycles. The van der Waals surface area contributed by atoms with Crippen LogP contribution in [0.5, 0.6) is 17.2 Å². The number of nitriles is 1. The summed E-state index contributed by atoms with van der Waals surface area (Å²) in [5, 5.41) is 15.5. The summed E-state index contributed by atoms with van der Waals surface area (Å²) in [6.07, 6.45) is 3.19. The lowest BCUT2D eigenvalue weighted by Crippen LogP contribution is -2.49. The Bertz CT molecular complexity index is 1780. The number of amides is 2. The molecule has 0 radical (unpaired) electrons. The lowest BCUT2D eigenvalue weighted by Gasteiger charge is -2.37. The van der Waals surface area contributed by atoms with Crippen LogP contribution in [0.3, 0.4) is 0 Å². The van der Waals surface area contributed by atoms with E-state index in [1.54, 1.807) is 16.7 Å². The molecule has 1 fully saturated rings. The number of anilines is 1. The highest BCUT2D eigenvalue weighted by Crippen LogP contribution is 2.41. The summed E-state index contributed by atoms with van der Waals surface area (Å²) in [5.41, 5.74) is 1.85. The van der Waals surface area contributed by atoms with Crippen molar-refractivity contribution in [1.29, 1.82) is 5.26 Å². The van der Waals surface area contributed by atoms with Gasteiger partial charge in [-0.1, -0.05) is 26.1 Å². The van der Waals surface area contributed by atoms with Crippen molar-refractivity contribution in [3.8, 4) is 34.4 Å². The van der Waals surface area contributed by atoms with Gasteiger partial charge in [-0.2, -0.15) is 5.26 Å². The van der Waals surface area contributed by atoms with Crippen molar-refractivity contribution in [2.45, 2.75) is 52.7 Å². The number of rotatable bonds is 13. The van der Waals surface area contributed by atoms with E-state index in [9.17, 15) is 10.1 Å². The van der Waals surface area contributed by atoms with Crippen molar-refractivity contribution < 1.29 is 32.5 Å².